The van der Waals surface area contributed by atoms with Gasteiger partial charge in [-0.25, -0.2) is 0 Å². The molecule has 3 nitrogen and oxygen atoms in total. The maximum Gasteiger partial charge on any atom is 0.306 e. The number of allylic oxidation sites excluding steroid dienone is 2. The lowest BCUT2D eigenvalue weighted by Gasteiger charge is -2.17. The Kier molecular flexibility index (Phi) is 19.3. The Hall–Kier alpha value is -0.830. The summed E-state index contributed by atoms with van der Waals surface area (Å²) in [6, 6.07) is 0. The largest absolute Gasteiger partial charge is 0.461 e. The van der Waals surface area contributed by atoms with Crippen LogP contribution in [0, 0.1) is 5.92 Å². The van der Waals surface area contributed by atoms with Crippen LogP contribution in [0.2, 0.25) is 0 Å². The van der Waals surface area contributed by atoms with E-state index in [0.29, 0.717) is 18.9 Å². The molecule has 2 N–H and O–H groups in total. The Labute approximate surface area is 169 Å². The topological polar surface area (TPSA) is 52.3 Å². The molecule has 27 heavy (non-hydrogen) atoms. The molecule has 0 aliphatic rings. The van der Waals surface area contributed by atoms with E-state index in [0.717, 1.165) is 19.3 Å². The molecule has 0 radical (unpaired) electrons. The maximum absolute atomic E-state index is 11.8. The van der Waals surface area contributed by atoms with Gasteiger partial charge >= 0.3 is 5.97 Å². The van der Waals surface area contributed by atoms with Crippen LogP contribution in [-0.4, -0.2) is 18.6 Å². The van der Waals surface area contributed by atoms with Gasteiger partial charge in [0, 0.05) is 13.0 Å². The van der Waals surface area contributed by atoms with Crippen molar-refractivity contribution in [3.8, 4) is 0 Å². The van der Waals surface area contributed by atoms with Crippen LogP contribution in [0.25, 0.3) is 0 Å². The van der Waals surface area contributed by atoms with Gasteiger partial charge in [-0.15, -0.1) is 0 Å². The van der Waals surface area contributed by atoms with Crippen molar-refractivity contribution in [3.63, 3.8) is 0 Å². The predicted molar refractivity (Wildman–Crippen MR) is 118 cm³/mol. The zero-order valence-corrected chi connectivity index (χ0v) is 18.5. The van der Waals surface area contributed by atoms with Crippen LogP contribution in [-0.2, 0) is 9.53 Å². The zero-order chi connectivity index (χ0) is 20.2. The molecular weight excluding hydrogens is 334 g/mol. The highest BCUT2D eigenvalue weighted by molar-refractivity contribution is 5.69. The number of rotatable bonds is 19. The Balaban J connectivity index is 3.39. The van der Waals surface area contributed by atoms with Gasteiger partial charge in [0.05, 0.1) is 0 Å². The first-order valence-electron chi connectivity index (χ1n) is 11.6. The molecule has 0 aromatic rings. The monoisotopic (exact) mass is 381 g/mol. The lowest BCUT2D eigenvalue weighted by atomic mass is 10.1. The first-order chi connectivity index (χ1) is 13.1. The number of carbonyl (C=O) groups is 1. The smallest absolute Gasteiger partial charge is 0.306 e. The summed E-state index contributed by atoms with van der Waals surface area (Å²) in [5.41, 5.74) is 5.67. The number of carbonyl (C=O) groups excluding carboxylic acids is 1. The van der Waals surface area contributed by atoms with E-state index in [1.165, 1.54) is 70.6 Å². The summed E-state index contributed by atoms with van der Waals surface area (Å²) in [6.45, 7) is 6.94. The van der Waals surface area contributed by atoms with Crippen LogP contribution < -0.4 is 5.73 Å². The second kappa shape index (κ2) is 19.9. The highest BCUT2D eigenvalue weighted by atomic mass is 16.5. The number of hydrogen-bond acceptors (Lipinski definition) is 3. The standard InChI is InChI=1S/C24H47NO2/c1-4-5-6-7-8-9-10-11-12-13-14-15-16-17-18-19-24(26)27-23(21-25)20-22(2)3/h11-12,22-23H,4-10,13-21,25H2,1-3H3/b12-11-. The summed E-state index contributed by atoms with van der Waals surface area (Å²) in [7, 11) is 0. The molecule has 0 aromatic heterocycles. The van der Waals surface area contributed by atoms with E-state index >= 15 is 0 Å². The van der Waals surface area contributed by atoms with Gasteiger partial charge in [-0.3, -0.25) is 4.79 Å². The third-order valence-electron chi connectivity index (χ3n) is 4.94. The molecule has 1 unspecified atom stereocenters. The van der Waals surface area contributed by atoms with Crippen molar-refractivity contribution >= 4 is 5.97 Å². The molecule has 0 saturated heterocycles. The molecule has 0 aliphatic heterocycles. The lowest BCUT2D eigenvalue weighted by Crippen LogP contribution is -2.28. The molecule has 160 valence electrons. The van der Waals surface area contributed by atoms with Crippen LogP contribution >= 0.6 is 0 Å². The number of esters is 1. The molecule has 0 aliphatic carbocycles. The van der Waals surface area contributed by atoms with Crippen LogP contribution in [0.5, 0.6) is 0 Å². The third-order valence-corrected chi connectivity index (χ3v) is 4.94. The average molecular weight is 382 g/mol. The minimum absolute atomic E-state index is 0.0799. The van der Waals surface area contributed by atoms with Gasteiger partial charge in [-0.2, -0.15) is 0 Å². The highest BCUT2D eigenvalue weighted by Crippen LogP contribution is 2.12. The summed E-state index contributed by atoms with van der Waals surface area (Å²) >= 11 is 0. The highest BCUT2D eigenvalue weighted by Gasteiger charge is 2.14. The van der Waals surface area contributed by atoms with Crippen LogP contribution in [0.15, 0.2) is 12.2 Å². The zero-order valence-electron chi connectivity index (χ0n) is 18.5. The normalized spacial score (nSPS) is 12.8. The Morgan fingerprint density at radius 2 is 1.37 bits per heavy atom. The van der Waals surface area contributed by atoms with E-state index in [1.54, 1.807) is 0 Å². The second-order valence-corrected chi connectivity index (χ2v) is 8.31. The first kappa shape index (κ1) is 26.2. The molecule has 0 heterocycles. The minimum atomic E-state index is -0.111. The van der Waals surface area contributed by atoms with E-state index in [4.69, 9.17) is 10.5 Å². The van der Waals surface area contributed by atoms with Crippen molar-refractivity contribution in [2.45, 2.75) is 123 Å². The number of ether oxygens (including phenoxy) is 1. The summed E-state index contributed by atoms with van der Waals surface area (Å²) in [5.74, 6) is 0.426. The lowest BCUT2D eigenvalue weighted by molar-refractivity contribution is -0.149. The van der Waals surface area contributed by atoms with Crippen molar-refractivity contribution in [3.05, 3.63) is 12.2 Å². The maximum atomic E-state index is 11.8. The van der Waals surface area contributed by atoms with E-state index in [9.17, 15) is 4.79 Å². The summed E-state index contributed by atoms with van der Waals surface area (Å²) < 4.78 is 5.46. The molecule has 0 saturated carbocycles. The molecule has 0 amide bonds. The van der Waals surface area contributed by atoms with Gasteiger partial charge in [0.25, 0.3) is 0 Å². The molecule has 1 atom stereocenters. The van der Waals surface area contributed by atoms with Gasteiger partial charge < -0.3 is 10.5 Å². The van der Waals surface area contributed by atoms with Gasteiger partial charge in [-0.1, -0.05) is 84.3 Å². The SMILES string of the molecule is CCCCCCCC/C=C\CCCCCCCC(=O)OC(CN)CC(C)C. The third kappa shape index (κ3) is 19.7. The van der Waals surface area contributed by atoms with E-state index < -0.39 is 0 Å². The molecule has 0 spiro atoms. The fraction of sp³-hybridized carbons (Fsp3) is 0.875. The average Bonchev–Trinajstić information content (AvgIpc) is 2.64. The molecule has 0 aromatic carbocycles. The first-order valence-corrected chi connectivity index (χ1v) is 11.6. The summed E-state index contributed by atoms with van der Waals surface area (Å²) in [4.78, 5) is 11.8. The van der Waals surface area contributed by atoms with Crippen LogP contribution in [0.1, 0.15) is 117 Å². The van der Waals surface area contributed by atoms with Crippen molar-refractivity contribution < 1.29 is 9.53 Å². The van der Waals surface area contributed by atoms with Gasteiger partial charge in [-0.05, 0) is 44.4 Å². The van der Waals surface area contributed by atoms with Crippen molar-refractivity contribution in [2.75, 3.05) is 6.54 Å². The van der Waals surface area contributed by atoms with Gasteiger partial charge in [0.2, 0.25) is 0 Å². The van der Waals surface area contributed by atoms with Gasteiger partial charge in [0.1, 0.15) is 6.10 Å². The number of nitrogens with two attached hydrogens (primary N) is 1. The second-order valence-electron chi connectivity index (χ2n) is 8.31. The Bertz CT molecular complexity index is 352. The van der Waals surface area contributed by atoms with Gasteiger partial charge in [0.15, 0.2) is 0 Å². The Morgan fingerprint density at radius 3 is 1.89 bits per heavy atom. The molecule has 0 fully saturated rings. The number of hydrogen-bond donors (Lipinski definition) is 1. The summed E-state index contributed by atoms with van der Waals surface area (Å²) in [5, 5.41) is 0. The molecule has 0 bridgehead atoms. The van der Waals surface area contributed by atoms with E-state index in [1.807, 2.05) is 0 Å². The quantitative estimate of drug-likeness (QED) is 0.150. The van der Waals surface area contributed by atoms with Crippen molar-refractivity contribution in [1.29, 1.82) is 0 Å². The summed E-state index contributed by atoms with van der Waals surface area (Å²) in [6.07, 6.45) is 22.5. The van der Waals surface area contributed by atoms with Crippen LogP contribution in [0.4, 0.5) is 0 Å². The molecule has 3 heteroatoms. The number of unbranched alkanes of at least 4 members (excludes halogenated alkanes) is 11. The molecular formula is C24H47NO2. The van der Waals surface area contributed by atoms with Crippen molar-refractivity contribution in [1.82, 2.24) is 0 Å². The van der Waals surface area contributed by atoms with Crippen LogP contribution in [0.3, 0.4) is 0 Å². The molecule has 0 rings (SSSR count). The Morgan fingerprint density at radius 1 is 0.852 bits per heavy atom. The van der Waals surface area contributed by atoms with E-state index in [2.05, 4.69) is 32.9 Å². The predicted octanol–water partition coefficient (Wildman–Crippen LogP) is 6.94. The fourth-order valence-corrected chi connectivity index (χ4v) is 3.30. The van der Waals surface area contributed by atoms with Crippen molar-refractivity contribution in [2.24, 2.45) is 11.7 Å². The minimum Gasteiger partial charge on any atom is -0.461 e. The van der Waals surface area contributed by atoms with E-state index in [-0.39, 0.29) is 12.1 Å². The fourth-order valence-electron chi connectivity index (χ4n) is 3.30.